The first-order chi connectivity index (χ1) is 18.1. The fourth-order valence-electron chi connectivity index (χ4n) is 4.09. The standard InChI is InChI=1S/C25H24F3N7O3/c1-3-35-20-6-4-5-19(15(20)11-30-35)32-23-14(22(29)36)10-18(28)24(34-23)33-21(12(2)31-25(37)38)13-7-8-16(26)17(27)9-13/h4-12,21,31H,3H2,1-2H3,(H2,29,36)(H,37,38)(H2,32,33,34)/t12-,21-/m0/s1. The maximum Gasteiger partial charge on any atom is 0.404 e. The molecule has 0 unspecified atom stereocenters. The van der Waals surface area contributed by atoms with Gasteiger partial charge in [0.1, 0.15) is 5.82 Å². The molecule has 198 valence electrons. The number of halogens is 3. The number of nitrogens with zero attached hydrogens (tertiary/aromatic N) is 3. The number of anilines is 3. The van der Waals surface area contributed by atoms with Gasteiger partial charge in [-0.3, -0.25) is 9.48 Å². The van der Waals surface area contributed by atoms with E-state index in [0.717, 1.165) is 23.7 Å². The second kappa shape index (κ2) is 10.7. The van der Waals surface area contributed by atoms with E-state index in [1.54, 1.807) is 23.0 Å². The van der Waals surface area contributed by atoms with Gasteiger partial charge in [0.15, 0.2) is 23.3 Å². The molecule has 0 saturated heterocycles. The summed E-state index contributed by atoms with van der Waals surface area (Å²) in [4.78, 5) is 27.6. The lowest BCUT2D eigenvalue weighted by Gasteiger charge is -2.27. The van der Waals surface area contributed by atoms with Crippen LogP contribution < -0.4 is 21.7 Å². The fourth-order valence-corrected chi connectivity index (χ4v) is 4.09. The molecule has 4 rings (SSSR count). The van der Waals surface area contributed by atoms with Crippen molar-refractivity contribution in [3.63, 3.8) is 0 Å². The first kappa shape index (κ1) is 26.3. The van der Waals surface area contributed by atoms with Gasteiger partial charge in [-0.15, -0.1) is 0 Å². The molecule has 2 heterocycles. The van der Waals surface area contributed by atoms with Crippen molar-refractivity contribution in [2.24, 2.45) is 5.73 Å². The fraction of sp³-hybridized carbons (Fsp3) is 0.200. The number of benzene rings is 2. The van der Waals surface area contributed by atoms with Gasteiger partial charge in [0.25, 0.3) is 5.91 Å². The summed E-state index contributed by atoms with van der Waals surface area (Å²) < 4.78 is 44.4. The molecule has 10 nitrogen and oxygen atoms in total. The number of hydrogen-bond donors (Lipinski definition) is 5. The molecule has 2 atom stereocenters. The van der Waals surface area contributed by atoms with E-state index in [1.165, 1.54) is 13.0 Å². The maximum absolute atomic E-state index is 15.1. The van der Waals surface area contributed by atoms with Crippen LogP contribution in [0.25, 0.3) is 10.9 Å². The van der Waals surface area contributed by atoms with Gasteiger partial charge in [-0.2, -0.15) is 5.10 Å². The van der Waals surface area contributed by atoms with E-state index in [1.807, 2.05) is 13.0 Å². The number of nitrogens with one attached hydrogen (secondary N) is 3. The number of fused-ring (bicyclic) bond motifs is 1. The highest BCUT2D eigenvalue weighted by molar-refractivity contribution is 6.00. The van der Waals surface area contributed by atoms with Crippen molar-refractivity contribution in [2.45, 2.75) is 32.5 Å². The van der Waals surface area contributed by atoms with Crippen molar-refractivity contribution < 1.29 is 27.9 Å². The quantitative estimate of drug-likeness (QED) is 0.215. The van der Waals surface area contributed by atoms with Gasteiger partial charge >= 0.3 is 6.09 Å². The van der Waals surface area contributed by atoms with Crippen molar-refractivity contribution in [3.8, 4) is 0 Å². The molecule has 0 aliphatic carbocycles. The third-order valence-electron chi connectivity index (χ3n) is 5.93. The highest BCUT2D eigenvalue weighted by Crippen LogP contribution is 2.31. The molecule has 4 aromatic rings. The number of amides is 2. The Kier molecular flexibility index (Phi) is 7.37. The number of hydrogen-bond acceptors (Lipinski definition) is 6. The van der Waals surface area contributed by atoms with E-state index in [4.69, 9.17) is 5.73 Å². The lowest BCUT2D eigenvalue weighted by Crippen LogP contribution is -2.39. The van der Waals surface area contributed by atoms with Crippen LogP contribution in [0.5, 0.6) is 0 Å². The summed E-state index contributed by atoms with van der Waals surface area (Å²) in [6.45, 7) is 4.01. The smallest absolute Gasteiger partial charge is 0.404 e. The molecule has 0 aliphatic rings. The zero-order chi connectivity index (χ0) is 27.6. The first-order valence-electron chi connectivity index (χ1n) is 11.5. The lowest BCUT2D eigenvalue weighted by atomic mass is 10.00. The van der Waals surface area contributed by atoms with Crippen molar-refractivity contribution in [2.75, 3.05) is 10.6 Å². The molecule has 0 saturated carbocycles. The molecule has 6 N–H and O–H groups in total. The Labute approximate surface area is 214 Å². The van der Waals surface area contributed by atoms with Crippen molar-refractivity contribution >= 4 is 40.2 Å². The Hall–Kier alpha value is -4.81. The third-order valence-corrected chi connectivity index (χ3v) is 5.93. The molecule has 2 aromatic heterocycles. The van der Waals surface area contributed by atoms with Crippen LogP contribution in [-0.2, 0) is 6.54 Å². The van der Waals surface area contributed by atoms with Gasteiger partial charge in [-0.1, -0.05) is 12.1 Å². The average Bonchev–Trinajstić information content (AvgIpc) is 3.29. The molecule has 0 spiro atoms. The number of pyridine rings is 1. The Morgan fingerprint density at radius 3 is 2.50 bits per heavy atom. The summed E-state index contributed by atoms with van der Waals surface area (Å²) in [5.74, 6) is -4.66. The van der Waals surface area contributed by atoms with Gasteiger partial charge in [0.2, 0.25) is 0 Å². The van der Waals surface area contributed by atoms with Gasteiger partial charge in [0, 0.05) is 11.9 Å². The Bertz CT molecular complexity index is 1530. The molecule has 2 amide bonds. The number of carbonyl (C=O) groups excluding carboxylic acids is 1. The minimum atomic E-state index is -1.38. The Morgan fingerprint density at radius 1 is 1.08 bits per heavy atom. The van der Waals surface area contributed by atoms with Gasteiger partial charge in [0.05, 0.1) is 35.0 Å². The topological polar surface area (TPSA) is 147 Å². The van der Waals surface area contributed by atoms with Crippen LogP contribution in [-0.4, -0.2) is 37.9 Å². The zero-order valence-electron chi connectivity index (χ0n) is 20.3. The summed E-state index contributed by atoms with van der Waals surface area (Å²) in [5.41, 5.74) is 6.69. The second-order valence-electron chi connectivity index (χ2n) is 8.44. The number of nitrogens with two attached hydrogens (primary N) is 1. The lowest BCUT2D eigenvalue weighted by molar-refractivity contribution is 0.1000. The van der Waals surface area contributed by atoms with E-state index in [0.29, 0.717) is 17.6 Å². The summed E-state index contributed by atoms with van der Waals surface area (Å²) in [6.07, 6.45) is 0.249. The summed E-state index contributed by atoms with van der Waals surface area (Å²) in [6, 6.07) is 7.18. The minimum Gasteiger partial charge on any atom is -0.465 e. The van der Waals surface area contributed by atoms with E-state index >= 15 is 4.39 Å². The molecule has 0 bridgehead atoms. The van der Waals surface area contributed by atoms with Crippen LogP contribution in [0, 0.1) is 17.5 Å². The maximum atomic E-state index is 15.1. The van der Waals surface area contributed by atoms with Crippen LogP contribution in [0.1, 0.15) is 35.8 Å². The number of carboxylic acid groups (broad SMARTS) is 1. The first-order valence-corrected chi connectivity index (χ1v) is 11.5. The van der Waals surface area contributed by atoms with Crippen LogP contribution in [0.15, 0.2) is 48.7 Å². The average molecular weight is 528 g/mol. The molecule has 13 heteroatoms. The van der Waals surface area contributed by atoms with Gasteiger partial charge < -0.3 is 26.8 Å². The van der Waals surface area contributed by atoms with Crippen LogP contribution in [0.3, 0.4) is 0 Å². The van der Waals surface area contributed by atoms with E-state index < -0.39 is 41.5 Å². The molecule has 0 radical (unpaired) electrons. The zero-order valence-corrected chi connectivity index (χ0v) is 20.3. The van der Waals surface area contributed by atoms with Crippen LogP contribution in [0.4, 0.5) is 35.3 Å². The number of aryl methyl sites for hydroxylation is 1. The third kappa shape index (κ3) is 5.31. The second-order valence-corrected chi connectivity index (χ2v) is 8.44. The van der Waals surface area contributed by atoms with Crippen LogP contribution >= 0.6 is 0 Å². The van der Waals surface area contributed by atoms with Gasteiger partial charge in [-0.25, -0.2) is 22.9 Å². The van der Waals surface area contributed by atoms with E-state index in [-0.39, 0.29) is 22.8 Å². The highest BCUT2D eigenvalue weighted by atomic mass is 19.2. The summed E-state index contributed by atoms with van der Waals surface area (Å²) in [7, 11) is 0. The molecule has 2 aromatic carbocycles. The predicted octanol–water partition coefficient (Wildman–Crippen LogP) is 4.52. The van der Waals surface area contributed by atoms with Gasteiger partial charge in [-0.05, 0) is 49.7 Å². The highest BCUT2D eigenvalue weighted by Gasteiger charge is 2.25. The molecule has 38 heavy (non-hydrogen) atoms. The van der Waals surface area contributed by atoms with Crippen molar-refractivity contribution in [3.05, 3.63) is 77.2 Å². The summed E-state index contributed by atoms with van der Waals surface area (Å²) >= 11 is 0. The summed E-state index contributed by atoms with van der Waals surface area (Å²) in [5, 5.41) is 22.2. The van der Waals surface area contributed by atoms with E-state index in [9.17, 15) is 23.5 Å². The van der Waals surface area contributed by atoms with Crippen molar-refractivity contribution in [1.82, 2.24) is 20.1 Å². The largest absolute Gasteiger partial charge is 0.465 e. The Balaban J connectivity index is 1.77. The number of primary amides is 1. The number of aromatic nitrogens is 3. The predicted molar refractivity (Wildman–Crippen MR) is 135 cm³/mol. The molecule has 0 fully saturated rings. The number of rotatable bonds is 9. The van der Waals surface area contributed by atoms with Crippen molar-refractivity contribution in [1.29, 1.82) is 0 Å². The minimum absolute atomic E-state index is 0.0824. The Morgan fingerprint density at radius 2 is 1.84 bits per heavy atom. The monoisotopic (exact) mass is 527 g/mol. The molecular formula is C25H24F3N7O3. The normalized spacial score (nSPS) is 12.7. The molecule has 0 aliphatic heterocycles. The number of carbonyl (C=O) groups is 2. The molecular weight excluding hydrogens is 503 g/mol. The SMILES string of the molecule is CCn1ncc2c(Nc3nc(N[C@H](c4ccc(F)c(F)c4)[C@H](C)NC(=O)O)c(F)cc3C(N)=O)cccc21. The van der Waals surface area contributed by atoms with E-state index in [2.05, 4.69) is 26.0 Å². The van der Waals surface area contributed by atoms with Crippen LogP contribution in [0.2, 0.25) is 0 Å².